The number of halogens is 5. The van der Waals surface area contributed by atoms with Gasteiger partial charge in [-0.2, -0.15) is 22.0 Å². The van der Waals surface area contributed by atoms with E-state index in [1.165, 1.54) is 12.1 Å². The molecule has 2 nitrogen and oxygen atoms in total. The molecule has 0 unspecified atom stereocenters. The van der Waals surface area contributed by atoms with Gasteiger partial charge in [0, 0.05) is 5.56 Å². The first-order valence-corrected chi connectivity index (χ1v) is 6.52. The molecule has 0 saturated carbocycles. The van der Waals surface area contributed by atoms with Crippen LogP contribution in [0.25, 0.3) is 0 Å². The number of carbonyl (C=O) groups excluding carboxylic acids is 1. The van der Waals surface area contributed by atoms with Gasteiger partial charge in [-0.05, 0) is 6.92 Å². The number of aryl methyl sites for hydroxylation is 1. The Hall–Kier alpha value is -1.83. The highest BCUT2D eigenvalue weighted by atomic mass is 32.1. The van der Waals surface area contributed by atoms with Crippen LogP contribution in [0.3, 0.4) is 0 Å². The highest BCUT2D eigenvalue weighted by Gasteiger charge is 2.61. The zero-order chi connectivity index (χ0) is 15.8. The average molecular weight is 321 g/mol. The maximum absolute atomic E-state index is 13.4. The van der Waals surface area contributed by atoms with E-state index < -0.39 is 28.5 Å². The molecule has 112 valence electrons. The predicted octanol–water partition coefficient (Wildman–Crippen LogP) is 4.34. The Morgan fingerprint density at radius 2 is 1.67 bits per heavy atom. The first-order chi connectivity index (χ1) is 9.64. The number of ketones is 1. The zero-order valence-electron chi connectivity index (χ0n) is 10.5. The van der Waals surface area contributed by atoms with E-state index in [-0.39, 0.29) is 5.56 Å². The first kappa shape index (κ1) is 15.6. The molecule has 0 N–H and O–H groups in total. The number of nitrogens with zero attached hydrogens (tertiary/aromatic N) is 1. The van der Waals surface area contributed by atoms with Crippen molar-refractivity contribution in [3.05, 3.63) is 51.5 Å². The lowest BCUT2D eigenvalue weighted by molar-refractivity contribution is -0.290. The Kier molecular flexibility index (Phi) is 3.83. The molecule has 0 amide bonds. The molecule has 0 aliphatic heterocycles. The summed E-state index contributed by atoms with van der Waals surface area (Å²) in [6.07, 6.45) is -5.80. The molecule has 0 radical (unpaired) electrons. The number of carbonyl (C=O) groups is 1. The second kappa shape index (κ2) is 5.18. The fourth-order valence-electron chi connectivity index (χ4n) is 1.60. The molecule has 0 aliphatic carbocycles. The Balaban J connectivity index is 2.46. The Bertz CT molecular complexity index is 660. The molecule has 0 bridgehead atoms. The lowest BCUT2D eigenvalue weighted by atomic mass is 10.0. The van der Waals surface area contributed by atoms with Crippen LogP contribution in [-0.4, -0.2) is 16.9 Å². The van der Waals surface area contributed by atoms with Gasteiger partial charge in [0.25, 0.3) is 0 Å². The number of aromatic nitrogens is 1. The van der Waals surface area contributed by atoms with Crippen molar-refractivity contribution in [2.75, 3.05) is 0 Å². The average Bonchev–Trinajstić information content (AvgIpc) is 2.87. The van der Waals surface area contributed by atoms with Gasteiger partial charge >= 0.3 is 12.1 Å². The summed E-state index contributed by atoms with van der Waals surface area (Å²) in [5, 5.41) is 0. The minimum Gasteiger partial charge on any atom is -0.288 e. The van der Waals surface area contributed by atoms with Gasteiger partial charge in [-0.15, -0.1) is 11.3 Å². The van der Waals surface area contributed by atoms with Crippen LogP contribution in [0, 0.1) is 6.92 Å². The SMILES string of the molecule is Cc1ccc(C(=O)c2scnc2C(F)(F)C(F)(F)F)cc1. The Morgan fingerprint density at radius 1 is 1.10 bits per heavy atom. The van der Waals surface area contributed by atoms with E-state index in [4.69, 9.17) is 0 Å². The van der Waals surface area contributed by atoms with Crippen molar-refractivity contribution in [1.29, 1.82) is 0 Å². The molecule has 21 heavy (non-hydrogen) atoms. The van der Waals surface area contributed by atoms with Crippen LogP contribution in [0.2, 0.25) is 0 Å². The van der Waals surface area contributed by atoms with Crippen molar-refractivity contribution in [1.82, 2.24) is 4.98 Å². The summed E-state index contributed by atoms with van der Waals surface area (Å²) in [4.78, 5) is 14.4. The van der Waals surface area contributed by atoms with Crippen molar-refractivity contribution in [3.63, 3.8) is 0 Å². The van der Waals surface area contributed by atoms with Crippen LogP contribution in [-0.2, 0) is 5.92 Å². The normalized spacial score (nSPS) is 12.5. The molecular weight excluding hydrogens is 313 g/mol. The van der Waals surface area contributed by atoms with Crippen LogP contribution in [0.4, 0.5) is 22.0 Å². The van der Waals surface area contributed by atoms with Crippen molar-refractivity contribution in [2.45, 2.75) is 19.0 Å². The van der Waals surface area contributed by atoms with Gasteiger partial charge in [0.1, 0.15) is 10.6 Å². The molecule has 0 spiro atoms. The monoisotopic (exact) mass is 321 g/mol. The maximum Gasteiger partial charge on any atom is 0.459 e. The van der Waals surface area contributed by atoms with Crippen LogP contribution >= 0.6 is 11.3 Å². The molecule has 0 fully saturated rings. The van der Waals surface area contributed by atoms with Crippen molar-refractivity contribution in [2.24, 2.45) is 0 Å². The van der Waals surface area contributed by atoms with Crippen LogP contribution in [0.1, 0.15) is 26.5 Å². The van der Waals surface area contributed by atoms with Gasteiger partial charge in [0.2, 0.25) is 5.78 Å². The minimum atomic E-state index is -5.80. The number of hydrogen-bond acceptors (Lipinski definition) is 3. The fraction of sp³-hybridized carbons (Fsp3) is 0.231. The first-order valence-electron chi connectivity index (χ1n) is 5.64. The van der Waals surface area contributed by atoms with E-state index in [1.54, 1.807) is 19.1 Å². The minimum absolute atomic E-state index is 0.0316. The second-order valence-electron chi connectivity index (χ2n) is 4.30. The van der Waals surface area contributed by atoms with Gasteiger partial charge in [-0.3, -0.25) is 4.79 Å². The number of alkyl halides is 5. The summed E-state index contributed by atoms with van der Waals surface area (Å²) in [5.74, 6) is -6.07. The molecule has 2 rings (SSSR count). The summed E-state index contributed by atoms with van der Waals surface area (Å²) < 4.78 is 63.9. The number of hydrogen-bond donors (Lipinski definition) is 0. The second-order valence-corrected chi connectivity index (χ2v) is 5.15. The summed E-state index contributed by atoms with van der Waals surface area (Å²) >= 11 is 0.459. The predicted molar refractivity (Wildman–Crippen MR) is 66.7 cm³/mol. The third-order valence-electron chi connectivity index (χ3n) is 2.74. The van der Waals surface area contributed by atoms with Crippen molar-refractivity contribution >= 4 is 17.1 Å². The fourth-order valence-corrected chi connectivity index (χ4v) is 2.38. The molecule has 0 atom stereocenters. The summed E-state index contributed by atoms with van der Waals surface area (Å²) in [7, 11) is 0. The van der Waals surface area contributed by atoms with Gasteiger partial charge in [0.05, 0.1) is 5.51 Å². The number of rotatable bonds is 3. The van der Waals surface area contributed by atoms with Crippen LogP contribution < -0.4 is 0 Å². The van der Waals surface area contributed by atoms with E-state index in [1.807, 2.05) is 0 Å². The largest absolute Gasteiger partial charge is 0.459 e. The third-order valence-corrected chi connectivity index (χ3v) is 3.57. The van der Waals surface area contributed by atoms with E-state index in [2.05, 4.69) is 4.98 Å². The molecular formula is C13H8F5NOS. The smallest absolute Gasteiger partial charge is 0.288 e. The molecule has 2 aromatic rings. The van der Waals surface area contributed by atoms with E-state index in [9.17, 15) is 26.7 Å². The van der Waals surface area contributed by atoms with Crippen molar-refractivity contribution < 1.29 is 26.7 Å². The quantitative estimate of drug-likeness (QED) is 0.622. The van der Waals surface area contributed by atoms with Gasteiger partial charge in [0.15, 0.2) is 0 Å². The van der Waals surface area contributed by atoms with E-state index in [0.717, 1.165) is 11.1 Å². The zero-order valence-corrected chi connectivity index (χ0v) is 11.4. The summed E-state index contributed by atoms with van der Waals surface area (Å²) in [6.45, 7) is 1.75. The number of benzene rings is 1. The van der Waals surface area contributed by atoms with E-state index in [0.29, 0.717) is 11.3 Å². The molecule has 1 aromatic carbocycles. The summed E-state index contributed by atoms with van der Waals surface area (Å²) in [6, 6.07) is 5.87. The molecule has 1 heterocycles. The molecule has 0 saturated heterocycles. The van der Waals surface area contributed by atoms with Gasteiger partial charge in [-0.1, -0.05) is 29.8 Å². The molecule has 1 aromatic heterocycles. The third kappa shape index (κ3) is 2.80. The molecule has 0 aliphatic rings. The lowest BCUT2D eigenvalue weighted by Crippen LogP contribution is -2.35. The lowest BCUT2D eigenvalue weighted by Gasteiger charge is -2.18. The Labute approximate surface area is 120 Å². The topological polar surface area (TPSA) is 30.0 Å². The highest BCUT2D eigenvalue weighted by molar-refractivity contribution is 7.12. The Morgan fingerprint density at radius 3 is 2.19 bits per heavy atom. The van der Waals surface area contributed by atoms with Gasteiger partial charge < -0.3 is 0 Å². The van der Waals surface area contributed by atoms with Crippen LogP contribution in [0.15, 0.2) is 29.8 Å². The summed E-state index contributed by atoms with van der Waals surface area (Å²) in [5.41, 5.74) is 0.113. The van der Waals surface area contributed by atoms with Gasteiger partial charge in [-0.25, -0.2) is 4.98 Å². The standard InChI is InChI=1S/C13H8F5NOS/c1-7-2-4-8(5-3-7)9(20)10-11(19-6-21-10)12(14,15)13(16,17)18/h2-6H,1H3. The highest BCUT2D eigenvalue weighted by Crippen LogP contribution is 2.45. The van der Waals surface area contributed by atoms with Crippen molar-refractivity contribution in [3.8, 4) is 0 Å². The maximum atomic E-state index is 13.4. The molecule has 8 heteroatoms. The van der Waals surface area contributed by atoms with E-state index >= 15 is 0 Å². The van der Waals surface area contributed by atoms with Crippen LogP contribution in [0.5, 0.6) is 0 Å². The number of thiazole rings is 1.